The summed E-state index contributed by atoms with van der Waals surface area (Å²) in [5, 5.41) is 3.36. The van der Waals surface area contributed by atoms with Crippen LogP contribution in [0.25, 0.3) is 0 Å². The van der Waals surface area contributed by atoms with Gasteiger partial charge < -0.3 is 4.57 Å². The minimum Gasteiger partial charge on any atom is -0.310 e. The maximum absolute atomic E-state index is 12.7. The van der Waals surface area contributed by atoms with Crippen molar-refractivity contribution in [2.75, 3.05) is 5.32 Å². The van der Waals surface area contributed by atoms with Crippen molar-refractivity contribution in [2.24, 2.45) is 0 Å². The number of rotatable bonds is 4. The first-order valence-corrected chi connectivity index (χ1v) is 9.47. The zero-order valence-electron chi connectivity index (χ0n) is 14.5. The SMILES string of the molecule is Cc1cccc(Cn2cccc(C(=O)Nc3nc4c(s3)CCC4)c2=O)c1. The number of pyridine rings is 1. The van der Waals surface area contributed by atoms with Gasteiger partial charge in [-0.05, 0) is 43.9 Å². The Morgan fingerprint density at radius 2 is 2.15 bits per heavy atom. The first-order chi connectivity index (χ1) is 12.6. The van der Waals surface area contributed by atoms with Crippen molar-refractivity contribution in [3.05, 3.63) is 80.2 Å². The van der Waals surface area contributed by atoms with E-state index in [2.05, 4.69) is 10.3 Å². The van der Waals surface area contributed by atoms with Crippen molar-refractivity contribution >= 4 is 22.4 Å². The number of amides is 1. The van der Waals surface area contributed by atoms with Crippen LogP contribution in [0.15, 0.2) is 47.4 Å². The normalized spacial score (nSPS) is 12.8. The molecule has 3 aromatic rings. The van der Waals surface area contributed by atoms with Crippen LogP contribution in [0.4, 0.5) is 5.13 Å². The minimum absolute atomic E-state index is 0.135. The summed E-state index contributed by atoms with van der Waals surface area (Å²) < 4.78 is 1.56. The lowest BCUT2D eigenvalue weighted by molar-refractivity contribution is 0.102. The number of hydrogen-bond acceptors (Lipinski definition) is 4. The fourth-order valence-corrected chi connectivity index (χ4v) is 4.29. The molecule has 1 N–H and O–H groups in total. The number of nitrogens with one attached hydrogen (secondary N) is 1. The summed E-state index contributed by atoms with van der Waals surface area (Å²) in [6.07, 6.45) is 4.83. The van der Waals surface area contributed by atoms with E-state index in [-0.39, 0.29) is 11.1 Å². The highest BCUT2D eigenvalue weighted by molar-refractivity contribution is 7.16. The molecular formula is C20H19N3O2S. The van der Waals surface area contributed by atoms with E-state index in [0.717, 1.165) is 36.1 Å². The molecule has 1 amide bonds. The Hall–Kier alpha value is -2.73. The zero-order chi connectivity index (χ0) is 18.1. The van der Waals surface area contributed by atoms with Gasteiger partial charge in [0.2, 0.25) is 0 Å². The summed E-state index contributed by atoms with van der Waals surface area (Å²) in [6.45, 7) is 2.45. The van der Waals surface area contributed by atoms with Gasteiger partial charge in [0.05, 0.1) is 12.2 Å². The standard InChI is InChI=1S/C20H19N3O2S/c1-13-5-2-6-14(11-13)12-23-10-4-7-15(19(23)25)18(24)22-20-21-16-8-3-9-17(16)26-20/h2,4-7,10-11H,3,8-9,12H2,1H3,(H,21,22,24). The molecule has 0 saturated heterocycles. The lowest BCUT2D eigenvalue weighted by atomic mass is 10.1. The Morgan fingerprint density at radius 1 is 1.27 bits per heavy atom. The predicted molar refractivity (Wildman–Crippen MR) is 103 cm³/mol. The number of carbonyl (C=O) groups is 1. The molecule has 5 nitrogen and oxygen atoms in total. The third-order valence-electron chi connectivity index (χ3n) is 4.52. The molecule has 132 valence electrons. The Balaban J connectivity index is 1.56. The lowest BCUT2D eigenvalue weighted by Gasteiger charge is -2.08. The van der Waals surface area contributed by atoms with Crippen molar-refractivity contribution < 1.29 is 4.79 Å². The maximum atomic E-state index is 12.7. The number of thiazole rings is 1. The van der Waals surface area contributed by atoms with Crippen LogP contribution in [0.2, 0.25) is 0 Å². The molecule has 0 unspecified atom stereocenters. The van der Waals surface area contributed by atoms with Gasteiger partial charge in [0.15, 0.2) is 5.13 Å². The Kier molecular flexibility index (Phi) is 4.42. The Bertz CT molecular complexity index is 1010. The number of hydrogen-bond donors (Lipinski definition) is 1. The van der Waals surface area contributed by atoms with Crippen molar-refractivity contribution in [3.8, 4) is 0 Å². The van der Waals surface area contributed by atoms with Gasteiger partial charge in [-0.1, -0.05) is 29.8 Å². The van der Waals surface area contributed by atoms with Crippen LogP contribution in [0.1, 0.15) is 38.5 Å². The van der Waals surface area contributed by atoms with Crippen molar-refractivity contribution in [3.63, 3.8) is 0 Å². The van der Waals surface area contributed by atoms with Gasteiger partial charge in [-0.3, -0.25) is 14.9 Å². The summed E-state index contributed by atoms with van der Waals surface area (Å²) in [6, 6.07) is 11.3. The summed E-state index contributed by atoms with van der Waals surface area (Å²) >= 11 is 1.51. The molecule has 0 saturated carbocycles. The van der Waals surface area contributed by atoms with E-state index in [1.165, 1.54) is 16.2 Å². The van der Waals surface area contributed by atoms with E-state index in [1.54, 1.807) is 22.9 Å². The monoisotopic (exact) mass is 365 g/mol. The van der Waals surface area contributed by atoms with Crippen LogP contribution in [-0.4, -0.2) is 15.5 Å². The molecule has 4 rings (SSSR count). The third-order valence-corrected chi connectivity index (χ3v) is 5.59. The number of aryl methyl sites for hydroxylation is 3. The topological polar surface area (TPSA) is 64.0 Å². The van der Waals surface area contributed by atoms with Crippen molar-refractivity contribution in [1.29, 1.82) is 0 Å². The van der Waals surface area contributed by atoms with Gasteiger partial charge in [0.25, 0.3) is 11.5 Å². The number of fused-ring (bicyclic) bond motifs is 1. The second kappa shape index (κ2) is 6.88. The molecule has 2 heterocycles. The van der Waals surface area contributed by atoms with Crippen LogP contribution in [0.5, 0.6) is 0 Å². The van der Waals surface area contributed by atoms with Gasteiger partial charge >= 0.3 is 0 Å². The van der Waals surface area contributed by atoms with Gasteiger partial charge in [0, 0.05) is 11.1 Å². The quantitative estimate of drug-likeness (QED) is 0.771. The maximum Gasteiger partial charge on any atom is 0.263 e. The van der Waals surface area contributed by atoms with E-state index in [1.807, 2.05) is 31.2 Å². The third kappa shape index (κ3) is 3.32. The Labute approximate surface area is 155 Å². The molecule has 0 bridgehead atoms. The highest BCUT2D eigenvalue weighted by Gasteiger charge is 2.19. The van der Waals surface area contributed by atoms with E-state index in [0.29, 0.717) is 11.7 Å². The molecule has 0 spiro atoms. The van der Waals surface area contributed by atoms with E-state index in [4.69, 9.17) is 0 Å². The highest BCUT2D eigenvalue weighted by atomic mass is 32.1. The van der Waals surface area contributed by atoms with Gasteiger partial charge in [-0.15, -0.1) is 11.3 Å². The van der Waals surface area contributed by atoms with Crippen LogP contribution < -0.4 is 10.9 Å². The van der Waals surface area contributed by atoms with Crippen LogP contribution in [0, 0.1) is 6.92 Å². The lowest BCUT2D eigenvalue weighted by Crippen LogP contribution is -2.29. The van der Waals surface area contributed by atoms with E-state index in [9.17, 15) is 9.59 Å². The molecule has 2 aromatic heterocycles. The zero-order valence-corrected chi connectivity index (χ0v) is 15.3. The van der Waals surface area contributed by atoms with Crippen LogP contribution >= 0.6 is 11.3 Å². The fraction of sp³-hybridized carbons (Fsp3) is 0.250. The fourth-order valence-electron chi connectivity index (χ4n) is 3.25. The number of nitrogens with zero attached hydrogens (tertiary/aromatic N) is 2. The van der Waals surface area contributed by atoms with Gasteiger partial charge in [-0.2, -0.15) is 0 Å². The predicted octanol–water partition coefficient (Wildman–Crippen LogP) is 3.40. The molecule has 1 aromatic carbocycles. The molecule has 1 aliphatic carbocycles. The van der Waals surface area contributed by atoms with Crippen LogP contribution in [0.3, 0.4) is 0 Å². The molecule has 0 aliphatic heterocycles. The largest absolute Gasteiger partial charge is 0.310 e. The summed E-state index contributed by atoms with van der Waals surface area (Å²) in [5.41, 5.74) is 3.09. The average Bonchev–Trinajstić information content (AvgIpc) is 3.18. The first-order valence-electron chi connectivity index (χ1n) is 8.65. The second-order valence-corrected chi connectivity index (χ2v) is 7.62. The molecule has 6 heteroatoms. The molecule has 0 atom stereocenters. The first kappa shape index (κ1) is 16.7. The average molecular weight is 365 g/mol. The van der Waals surface area contributed by atoms with Crippen molar-refractivity contribution in [2.45, 2.75) is 32.7 Å². The Morgan fingerprint density at radius 3 is 2.96 bits per heavy atom. The molecular weight excluding hydrogens is 346 g/mol. The van der Waals surface area contributed by atoms with E-state index < -0.39 is 5.91 Å². The summed E-state index contributed by atoms with van der Waals surface area (Å²) in [5.74, 6) is -0.402. The number of carbonyl (C=O) groups excluding carboxylic acids is 1. The molecule has 26 heavy (non-hydrogen) atoms. The highest BCUT2D eigenvalue weighted by Crippen LogP contribution is 2.30. The number of aromatic nitrogens is 2. The summed E-state index contributed by atoms with van der Waals surface area (Å²) in [4.78, 5) is 31.0. The number of benzene rings is 1. The molecule has 1 aliphatic rings. The second-order valence-electron chi connectivity index (χ2n) is 6.54. The number of anilines is 1. The summed E-state index contributed by atoms with van der Waals surface area (Å²) in [7, 11) is 0. The molecule has 0 radical (unpaired) electrons. The minimum atomic E-state index is -0.402. The smallest absolute Gasteiger partial charge is 0.263 e. The van der Waals surface area contributed by atoms with Gasteiger partial charge in [0.1, 0.15) is 5.56 Å². The van der Waals surface area contributed by atoms with E-state index >= 15 is 0 Å². The van der Waals surface area contributed by atoms with Crippen LogP contribution in [-0.2, 0) is 19.4 Å². The molecule has 0 fully saturated rings. The van der Waals surface area contributed by atoms with Crippen molar-refractivity contribution in [1.82, 2.24) is 9.55 Å². The van der Waals surface area contributed by atoms with Gasteiger partial charge in [-0.25, -0.2) is 4.98 Å².